The first-order valence-electron chi connectivity index (χ1n) is 13.9. The van der Waals surface area contributed by atoms with Crippen LogP contribution in [0.25, 0.3) is 10.9 Å². The van der Waals surface area contributed by atoms with Gasteiger partial charge in [-0.05, 0) is 56.7 Å². The maximum absolute atomic E-state index is 15.2. The largest absolute Gasteiger partial charge is 0.504 e. The Bertz CT molecular complexity index is 1730. The van der Waals surface area contributed by atoms with E-state index >= 15 is 4.39 Å². The van der Waals surface area contributed by atoms with Crippen molar-refractivity contribution in [3.63, 3.8) is 0 Å². The normalized spacial score (nSPS) is 15.8. The number of anilines is 1. The van der Waals surface area contributed by atoms with Crippen LogP contribution < -0.4 is 14.8 Å². The molecule has 45 heavy (non-hydrogen) atoms. The number of hydrogen-bond acceptors (Lipinski definition) is 9. The summed E-state index contributed by atoms with van der Waals surface area (Å²) in [5, 5.41) is 36.1. The summed E-state index contributed by atoms with van der Waals surface area (Å²) < 4.78 is 26.2. The van der Waals surface area contributed by atoms with Gasteiger partial charge in [0.15, 0.2) is 23.1 Å². The Morgan fingerprint density at radius 3 is 2.62 bits per heavy atom. The van der Waals surface area contributed by atoms with E-state index in [4.69, 9.17) is 9.47 Å². The molecule has 12 heteroatoms. The van der Waals surface area contributed by atoms with E-state index in [9.17, 15) is 24.9 Å². The summed E-state index contributed by atoms with van der Waals surface area (Å²) in [5.74, 6) is -1.97. The van der Waals surface area contributed by atoms with Crippen LogP contribution in [0.5, 0.6) is 23.0 Å². The molecule has 2 heterocycles. The predicted molar refractivity (Wildman–Crippen MR) is 167 cm³/mol. The third-order valence-corrected chi connectivity index (χ3v) is 6.96. The number of benzene rings is 2. The van der Waals surface area contributed by atoms with Gasteiger partial charge in [0.2, 0.25) is 0 Å². The monoisotopic (exact) mass is 618 g/mol. The quantitative estimate of drug-likeness (QED) is 0.179. The van der Waals surface area contributed by atoms with Crippen molar-refractivity contribution >= 4 is 28.4 Å². The van der Waals surface area contributed by atoms with E-state index in [1.165, 1.54) is 55.6 Å². The molecule has 4 rings (SSSR count). The number of allylic oxidation sites excluding steroid dienone is 5. The van der Waals surface area contributed by atoms with Crippen LogP contribution in [-0.2, 0) is 9.59 Å². The van der Waals surface area contributed by atoms with Crippen molar-refractivity contribution in [2.24, 2.45) is 0 Å². The molecule has 236 valence electrons. The maximum Gasteiger partial charge on any atom is 0.278 e. The van der Waals surface area contributed by atoms with Crippen molar-refractivity contribution in [2.45, 2.75) is 26.4 Å². The Morgan fingerprint density at radius 2 is 1.96 bits per heavy atom. The number of aliphatic hydroxyl groups excluding tert-OH is 1. The highest BCUT2D eigenvalue weighted by atomic mass is 19.1. The van der Waals surface area contributed by atoms with Gasteiger partial charge >= 0.3 is 0 Å². The number of amides is 2. The number of hydrazine groups is 1. The van der Waals surface area contributed by atoms with E-state index < -0.39 is 29.8 Å². The number of carbonyl (C=O) groups is 2. The summed E-state index contributed by atoms with van der Waals surface area (Å²) in [6.07, 6.45) is 8.01. The molecular weight excluding hydrogens is 583 g/mol. The molecule has 1 aliphatic rings. The Balaban J connectivity index is 1.59. The number of β-amino-alcohol motifs (C(OH)–C–C–N with tert-alkyl or cyclic N) is 1. The number of phenols is 1. The van der Waals surface area contributed by atoms with Crippen LogP contribution in [0.4, 0.5) is 10.1 Å². The predicted octanol–water partition coefficient (Wildman–Crippen LogP) is 4.58. The van der Waals surface area contributed by atoms with E-state index in [0.29, 0.717) is 22.2 Å². The van der Waals surface area contributed by atoms with Gasteiger partial charge in [0.05, 0.1) is 24.8 Å². The van der Waals surface area contributed by atoms with Crippen LogP contribution in [0.1, 0.15) is 20.8 Å². The van der Waals surface area contributed by atoms with Crippen LogP contribution in [0, 0.1) is 5.82 Å². The van der Waals surface area contributed by atoms with Gasteiger partial charge in [-0.25, -0.2) is 14.4 Å². The number of ether oxygens (including phenoxy) is 2. The Hall–Kier alpha value is -5.04. The van der Waals surface area contributed by atoms with Crippen molar-refractivity contribution in [3.8, 4) is 23.0 Å². The number of fused-ring (bicyclic) bond motifs is 1. The zero-order chi connectivity index (χ0) is 32.9. The van der Waals surface area contributed by atoms with Crippen molar-refractivity contribution in [3.05, 3.63) is 96.1 Å². The van der Waals surface area contributed by atoms with Crippen molar-refractivity contribution in [1.29, 1.82) is 0 Å². The second-order valence-electron chi connectivity index (χ2n) is 10.7. The van der Waals surface area contributed by atoms with Gasteiger partial charge in [0.1, 0.15) is 11.3 Å². The van der Waals surface area contributed by atoms with Gasteiger partial charge in [-0.15, -0.1) is 0 Å². The topological polar surface area (TPSA) is 145 Å². The molecule has 0 saturated heterocycles. The molecule has 0 fully saturated rings. The van der Waals surface area contributed by atoms with Crippen LogP contribution in [0.3, 0.4) is 0 Å². The first-order valence-corrected chi connectivity index (χ1v) is 13.9. The first-order chi connectivity index (χ1) is 21.4. The Kier molecular flexibility index (Phi) is 10.0. The second kappa shape index (κ2) is 13.7. The van der Waals surface area contributed by atoms with E-state index in [-0.39, 0.29) is 47.3 Å². The van der Waals surface area contributed by atoms with Gasteiger partial charge in [0, 0.05) is 48.2 Å². The molecule has 1 atom stereocenters. The van der Waals surface area contributed by atoms with Gasteiger partial charge in [-0.2, -0.15) is 0 Å². The van der Waals surface area contributed by atoms with E-state index in [1.54, 1.807) is 43.2 Å². The third-order valence-electron chi connectivity index (χ3n) is 6.96. The lowest BCUT2D eigenvalue weighted by Crippen LogP contribution is -2.56. The minimum Gasteiger partial charge on any atom is -0.504 e. The highest BCUT2D eigenvalue weighted by Crippen LogP contribution is 2.37. The van der Waals surface area contributed by atoms with Crippen molar-refractivity contribution < 1.29 is 38.8 Å². The number of nitrogens with one attached hydrogen (secondary N) is 1. The number of aromatic nitrogens is 1. The van der Waals surface area contributed by atoms with Crippen molar-refractivity contribution in [2.75, 3.05) is 32.1 Å². The fourth-order valence-corrected chi connectivity index (χ4v) is 4.79. The number of carbonyl (C=O) groups excluding carboxylic acids is 2. The molecule has 1 unspecified atom stereocenters. The molecule has 2 aromatic carbocycles. The van der Waals surface area contributed by atoms with Crippen LogP contribution in [0.15, 0.2) is 90.3 Å². The molecule has 0 aliphatic carbocycles. The molecule has 2 amide bonds. The van der Waals surface area contributed by atoms with Gasteiger partial charge in [0.25, 0.3) is 11.8 Å². The number of nitrogens with zero attached hydrogens (tertiary/aromatic N) is 3. The van der Waals surface area contributed by atoms with Crippen LogP contribution in [-0.4, -0.2) is 74.5 Å². The molecule has 1 aromatic heterocycles. The zero-order valence-electron chi connectivity index (χ0n) is 25.4. The Labute approximate surface area is 259 Å². The highest BCUT2D eigenvalue weighted by Gasteiger charge is 2.38. The van der Waals surface area contributed by atoms with Crippen LogP contribution in [0.2, 0.25) is 0 Å². The summed E-state index contributed by atoms with van der Waals surface area (Å²) in [5.41, 5.74) is -0.297. The number of halogens is 1. The summed E-state index contributed by atoms with van der Waals surface area (Å²) in [6, 6.07) is 8.31. The molecular formula is C33H35FN4O7. The molecule has 4 N–H and O–H groups in total. The molecule has 0 radical (unpaired) electrons. The number of rotatable bonds is 11. The number of phenolic OH excluding ortho intramolecular Hbond substituents is 1. The number of hydrogen-bond donors (Lipinski definition) is 4. The minimum atomic E-state index is -1.52. The van der Waals surface area contributed by atoms with E-state index in [2.05, 4.69) is 16.9 Å². The second-order valence-corrected chi connectivity index (χ2v) is 10.7. The fraction of sp³-hybridized carbons (Fsp3) is 0.242. The number of aliphatic hydroxyl groups is 2. The number of pyridine rings is 1. The molecule has 0 bridgehead atoms. The summed E-state index contributed by atoms with van der Waals surface area (Å²) in [4.78, 5) is 31.4. The lowest BCUT2D eigenvalue weighted by molar-refractivity contribution is -0.148. The lowest BCUT2D eigenvalue weighted by atomic mass is 10.0. The highest BCUT2D eigenvalue weighted by molar-refractivity contribution is 6.23. The lowest BCUT2D eigenvalue weighted by Gasteiger charge is -2.42. The fourth-order valence-electron chi connectivity index (χ4n) is 4.79. The summed E-state index contributed by atoms with van der Waals surface area (Å²) in [6.45, 7) is 7.81. The molecule has 0 saturated carbocycles. The van der Waals surface area contributed by atoms with Gasteiger partial charge in [-0.1, -0.05) is 24.8 Å². The summed E-state index contributed by atoms with van der Waals surface area (Å²) >= 11 is 0. The Morgan fingerprint density at radius 1 is 1.20 bits per heavy atom. The third kappa shape index (κ3) is 7.37. The molecule has 0 spiro atoms. The maximum atomic E-state index is 15.2. The SMILES string of the molecule is C=C/C=C\C=C(/C)N1C(=O)C(C(=O)Nc2ccc(Oc3ccnc4cc(O)c(OC)cc34)c(F)c2)=C(C)CN1CC(C)(O)CO. The van der Waals surface area contributed by atoms with Crippen LogP contribution >= 0.6 is 0 Å². The average Bonchev–Trinajstić information content (AvgIpc) is 2.98. The zero-order valence-corrected chi connectivity index (χ0v) is 25.4. The molecule has 1 aliphatic heterocycles. The smallest absolute Gasteiger partial charge is 0.278 e. The standard InChI is InChI=1S/C33H35FN4O7/c1-6-7-8-9-21(3)38-32(42)30(20(2)17-37(38)18-33(4,43)19-39)31(41)36-22-10-11-28(24(34)14-22)45-27-12-13-35-25-16-26(40)29(44-5)15-23(25)27/h6-16,39-40,43H,1,17-19H2,2-5H3,(H,36,41)/b8-7-,21-9+. The first kappa shape index (κ1) is 32.9. The minimum absolute atomic E-state index is 0.0856. The van der Waals surface area contributed by atoms with Gasteiger partial charge < -0.3 is 30.1 Å². The molecule has 3 aromatic rings. The summed E-state index contributed by atoms with van der Waals surface area (Å²) in [7, 11) is 1.40. The van der Waals surface area contributed by atoms with E-state index in [0.717, 1.165) is 6.07 Å². The number of methoxy groups -OCH3 is 1. The average molecular weight is 619 g/mol. The number of aromatic hydroxyl groups is 1. The van der Waals surface area contributed by atoms with E-state index in [1.807, 2.05) is 0 Å². The molecule has 11 nitrogen and oxygen atoms in total. The van der Waals surface area contributed by atoms with Crippen molar-refractivity contribution in [1.82, 2.24) is 15.0 Å². The van der Waals surface area contributed by atoms with Gasteiger partial charge in [-0.3, -0.25) is 14.6 Å².